The summed E-state index contributed by atoms with van der Waals surface area (Å²) in [6.07, 6.45) is 0. The molecule has 2 aromatic carbocycles. The van der Waals surface area contributed by atoms with Gasteiger partial charge in [-0.3, -0.25) is 9.69 Å². The van der Waals surface area contributed by atoms with Gasteiger partial charge < -0.3 is 4.74 Å². The number of amides is 1. The van der Waals surface area contributed by atoms with Crippen molar-refractivity contribution in [2.45, 2.75) is 19.4 Å². The predicted octanol–water partition coefficient (Wildman–Crippen LogP) is 7.23. The summed E-state index contributed by atoms with van der Waals surface area (Å²) in [4.78, 5) is 20.0. The molecule has 1 aliphatic heterocycles. The molecule has 0 aliphatic carbocycles. The van der Waals surface area contributed by atoms with Gasteiger partial charge in [-0.25, -0.2) is 4.99 Å². The summed E-state index contributed by atoms with van der Waals surface area (Å²) in [6, 6.07) is 10.1. The molecule has 0 aromatic heterocycles. The standard InChI is InChI=1S/C20H16Cl4N2O2S/c1-11-20(2,3)26(19(29-11)25-16-7-5-4-6-12(16)21)18(27)10-28-17-9-14(23)13(22)8-15(17)24/h4-9H,1,10H2,2-3H3. The number of ether oxygens (including phenoxy) is 1. The van der Waals surface area contributed by atoms with Gasteiger partial charge in [0.05, 0.1) is 31.3 Å². The fraction of sp³-hybridized carbons (Fsp3) is 0.200. The largest absolute Gasteiger partial charge is 0.482 e. The molecule has 1 fully saturated rings. The summed E-state index contributed by atoms with van der Waals surface area (Å²) in [7, 11) is 0. The fourth-order valence-electron chi connectivity index (χ4n) is 2.60. The van der Waals surface area contributed by atoms with Crippen molar-refractivity contribution in [3.8, 4) is 5.75 Å². The van der Waals surface area contributed by atoms with Crippen molar-refractivity contribution in [2.75, 3.05) is 6.61 Å². The van der Waals surface area contributed by atoms with Crippen LogP contribution in [0.25, 0.3) is 0 Å². The number of carbonyl (C=O) groups is 1. The molecule has 0 N–H and O–H groups in total. The van der Waals surface area contributed by atoms with Crippen molar-refractivity contribution in [1.82, 2.24) is 4.90 Å². The summed E-state index contributed by atoms with van der Waals surface area (Å²) in [5, 5.41) is 1.81. The lowest BCUT2D eigenvalue weighted by atomic mass is 10.0. The van der Waals surface area contributed by atoms with E-state index in [0.29, 0.717) is 20.9 Å². The van der Waals surface area contributed by atoms with Gasteiger partial charge in [0.1, 0.15) is 5.75 Å². The second-order valence-electron chi connectivity index (χ2n) is 6.64. The minimum atomic E-state index is -0.660. The van der Waals surface area contributed by atoms with E-state index in [1.165, 1.54) is 23.9 Å². The van der Waals surface area contributed by atoms with Crippen molar-refractivity contribution in [2.24, 2.45) is 4.99 Å². The average molecular weight is 490 g/mol. The molecule has 0 atom stereocenters. The van der Waals surface area contributed by atoms with Crippen LogP contribution in [0, 0.1) is 0 Å². The molecule has 0 saturated carbocycles. The third-order valence-electron chi connectivity index (χ3n) is 4.29. The lowest BCUT2D eigenvalue weighted by Crippen LogP contribution is -2.47. The zero-order chi connectivity index (χ0) is 21.3. The Hall–Kier alpha value is -1.37. The Morgan fingerprint density at radius 1 is 1.10 bits per heavy atom. The van der Waals surface area contributed by atoms with E-state index < -0.39 is 5.54 Å². The van der Waals surface area contributed by atoms with E-state index in [2.05, 4.69) is 11.6 Å². The molecule has 1 saturated heterocycles. The Kier molecular flexibility index (Phi) is 6.76. The number of hydrogen-bond acceptors (Lipinski definition) is 4. The second kappa shape index (κ2) is 8.78. The summed E-state index contributed by atoms with van der Waals surface area (Å²) >= 11 is 25.6. The summed E-state index contributed by atoms with van der Waals surface area (Å²) < 4.78 is 5.61. The smallest absolute Gasteiger partial charge is 0.267 e. The third-order valence-corrected chi connectivity index (χ3v) is 6.83. The van der Waals surface area contributed by atoms with Crippen LogP contribution in [0.15, 0.2) is 52.9 Å². The van der Waals surface area contributed by atoms with Gasteiger partial charge in [0.2, 0.25) is 0 Å². The van der Waals surface area contributed by atoms with Gasteiger partial charge in [-0.2, -0.15) is 0 Å². The van der Waals surface area contributed by atoms with Crippen molar-refractivity contribution in [3.05, 3.63) is 68.0 Å². The Bertz CT molecular complexity index is 1020. The first-order valence-electron chi connectivity index (χ1n) is 8.42. The molecule has 3 rings (SSSR count). The van der Waals surface area contributed by atoms with Crippen molar-refractivity contribution in [1.29, 1.82) is 0 Å². The van der Waals surface area contributed by atoms with Gasteiger partial charge >= 0.3 is 0 Å². The Morgan fingerprint density at radius 3 is 2.45 bits per heavy atom. The zero-order valence-electron chi connectivity index (χ0n) is 15.5. The number of carbonyl (C=O) groups excluding carboxylic acids is 1. The summed E-state index contributed by atoms with van der Waals surface area (Å²) in [5.74, 6) is -0.0448. The van der Waals surface area contributed by atoms with Crippen LogP contribution in [-0.4, -0.2) is 28.1 Å². The van der Waals surface area contributed by atoms with Crippen molar-refractivity contribution in [3.63, 3.8) is 0 Å². The number of halogens is 4. The van der Waals surface area contributed by atoms with E-state index >= 15 is 0 Å². The van der Waals surface area contributed by atoms with Crippen LogP contribution in [-0.2, 0) is 4.79 Å². The topological polar surface area (TPSA) is 41.9 Å². The first-order valence-corrected chi connectivity index (χ1v) is 10.7. The van der Waals surface area contributed by atoms with Gasteiger partial charge in [0, 0.05) is 11.0 Å². The first-order chi connectivity index (χ1) is 13.6. The Morgan fingerprint density at radius 2 is 1.76 bits per heavy atom. The van der Waals surface area contributed by atoms with Crippen LogP contribution in [0.5, 0.6) is 5.75 Å². The lowest BCUT2D eigenvalue weighted by Gasteiger charge is -2.30. The van der Waals surface area contributed by atoms with Crippen LogP contribution in [0.1, 0.15) is 13.8 Å². The SMILES string of the molecule is C=C1SC(=Nc2ccccc2Cl)N(C(=O)COc2cc(Cl)c(Cl)cc2Cl)C1(C)C. The molecular formula is C20H16Cl4N2O2S. The number of rotatable bonds is 4. The molecule has 0 radical (unpaired) electrons. The first kappa shape index (κ1) is 22.3. The second-order valence-corrected chi connectivity index (χ2v) is 9.34. The molecule has 9 heteroatoms. The average Bonchev–Trinajstić information content (AvgIpc) is 2.87. The molecule has 0 unspecified atom stereocenters. The fourth-order valence-corrected chi connectivity index (χ4v) is 4.50. The van der Waals surface area contributed by atoms with Gasteiger partial charge in [-0.15, -0.1) is 0 Å². The maximum Gasteiger partial charge on any atom is 0.267 e. The van der Waals surface area contributed by atoms with E-state index in [9.17, 15) is 4.79 Å². The minimum absolute atomic E-state index is 0.261. The van der Waals surface area contributed by atoms with E-state index in [4.69, 9.17) is 51.1 Å². The van der Waals surface area contributed by atoms with E-state index in [0.717, 1.165) is 4.91 Å². The van der Waals surface area contributed by atoms with Crippen molar-refractivity contribution < 1.29 is 9.53 Å². The number of thioether (sulfide) groups is 1. The lowest BCUT2D eigenvalue weighted by molar-refractivity contribution is -0.131. The normalized spacial score (nSPS) is 17.1. The molecule has 0 bridgehead atoms. The molecule has 1 aliphatic rings. The summed E-state index contributed by atoms with van der Waals surface area (Å²) in [5.41, 5.74) is -0.0967. The number of amidine groups is 1. The monoisotopic (exact) mass is 488 g/mol. The number of benzene rings is 2. The van der Waals surface area contributed by atoms with Crippen LogP contribution < -0.4 is 4.74 Å². The molecule has 29 heavy (non-hydrogen) atoms. The Labute approximate surface area is 193 Å². The number of para-hydroxylation sites is 1. The maximum atomic E-state index is 13.1. The van der Waals surface area contributed by atoms with E-state index in [-0.39, 0.29) is 28.3 Å². The minimum Gasteiger partial charge on any atom is -0.482 e. The summed E-state index contributed by atoms with van der Waals surface area (Å²) in [6.45, 7) is 7.58. The maximum absolute atomic E-state index is 13.1. The third kappa shape index (κ3) is 4.70. The highest BCUT2D eigenvalue weighted by atomic mass is 35.5. The Balaban J connectivity index is 1.87. The van der Waals surface area contributed by atoms with Crippen LogP contribution in [0.3, 0.4) is 0 Å². The molecule has 4 nitrogen and oxygen atoms in total. The predicted molar refractivity (Wildman–Crippen MR) is 123 cm³/mol. The molecule has 152 valence electrons. The highest BCUT2D eigenvalue weighted by Crippen LogP contribution is 2.43. The van der Waals surface area contributed by atoms with Crippen LogP contribution >= 0.6 is 58.2 Å². The number of nitrogens with zero attached hydrogens (tertiary/aromatic N) is 2. The highest BCUT2D eigenvalue weighted by molar-refractivity contribution is 8.17. The quantitative estimate of drug-likeness (QED) is 0.425. The van der Waals surface area contributed by atoms with Crippen LogP contribution in [0.2, 0.25) is 20.1 Å². The molecule has 0 spiro atoms. The van der Waals surface area contributed by atoms with Crippen LogP contribution in [0.4, 0.5) is 5.69 Å². The van der Waals surface area contributed by atoms with Gasteiger partial charge in [0.25, 0.3) is 5.91 Å². The van der Waals surface area contributed by atoms with E-state index in [1.807, 2.05) is 26.0 Å². The molecule has 1 amide bonds. The number of hydrogen-bond donors (Lipinski definition) is 0. The van der Waals surface area contributed by atoms with Gasteiger partial charge in [-0.05, 0) is 32.0 Å². The zero-order valence-corrected chi connectivity index (χ0v) is 19.3. The van der Waals surface area contributed by atoms with Crippen molar-refractivity contribution >= 4 is 74.9 Å². The van der Waals surface area contributed by atoms with E-state index in [1.54, 1.807) is 17.0 Å². The van der Waals surface area contributed by atoms with Gasteiger partial charge in [0.15, 0.2) is 11.8 Å². The molecule has 1 heterocycles. The number of aliphatic imine (C=N–C) groups is 1. The highest BCUT2D eigenvalue weighted by Gasteiger charge is 2.44. The van der Waals surface area contributed by atoms with Gasteiger partial charge in [-0.1, -0.05) is 76.9 Å². The molecule has 2 aromatic rings. The molecular weight excluding hydrogens is 474 g/mol.